The van der Waals surface area contributed by atoms with Crippen LogP contribution in [0, 0.1) is 6.92 Å². The Morgan fingerprint density at radius 2 is 1.47 bits per heavy atom. The molecule has 0 N–H and O–H groups in total. The average molecular weight is 272 g/mol. The summed E-state index contributed by atoms with van der Waals surface area (Å²) in [6, 6.07) is 18.5. The summed E-state index contributed by atoms with van der Waals surface area (Å²) < 4.78 is 0. The van der Waals surface area contributed by atoms with Gasteiger partial charge in [-0.3, -0.25) is 0 Å². The SMILES string of the molecule is CCCCCc1ccccc1C.Sc1ccccc1. The van der Waals surface area contributed by atoms with Crippen molar-refractivity contribution in [2.75, 3.05) is 0 Å². The molecule has 0 heterocycles. The first-order valence-electron chi connectivity index (χ1n) is 7.02. The zero-order valence-corrected chi connectivity index (χ0v) is 12.9. The first-order valence-corrected chi connectivity index (χ1v) is 7.47. The molecule has 0 aliphatic rings. The van der Waals surface area contributed by atoms with Gasteiger partial charge in [-0.15, -0.1) is 12.6 Å². The Morgan fingerprint density at radius 3 is 2.00 bits per heavy atom. The molecule has 19 heavy (non-hydrogen) atoms. The number of hydrogen-bond acceptors (Lipinski definition) is 1. The van der Waals surface area contributed by atoms with E-state index in [0.717, 1.165) is 4.90 Å². The van der Waals surface area contributed by atoms with Gasteiger partial charge in [0.1, 0.15) is 0 Å². The molecule has 0 saturated heterocycles. The van der Waals surface area contributed by atoms with Gasteiger partial charge >= 0.3 is 0 Å². The van der Waals surface area contributed by atoms with Crippen LogP contribution in [0.5, 0.6) is 0 Å². The summed E-state index contributed by atoms with van der Waals surface area (Å²) in [5.74, 6) is 0. The van der Waals surface area contributed by atoms with Gasteiger partial charge < -0.3 is 0 Å². The minimum Gasteiger partial charge on any atom is -0.143 e. The zero-order valence-electron chi connectivity index (χ0n) is 12.0. The largest absolute Gasteiger partial charge is 0.143 e. The van der Waals surface area contributed by atoms with Gasteiger partial charge in [-0.25, -0.2) is 0 Å². The van der Waals surface area contributed by atoms with Crippen molar-refractivity contribution in [3.05, 3.63) is 65.7 Å². The smallest absolute Gasteiger partial charge is 0.00399 e. The number of thiol groups is 1. The van der Waals surface area contributed by atoms with E-state index >= 15 is 0 Å². The Kier molecular flexibility index (Phi) is 8.08. The van der Waals surface area contributed by atoms with Crippen molar-refractivity contribution in [3.63, 3.8) is 0 Å². The number of benzene rings is 2. The third-order valence-corrected chi connectivity index (χ3v) is 3.37. The van der Waals surface area contributed by atoms with E-state index in [1.54, 1.807) is 0 Å². The number of hydrogen-bond donors (Lipinski definition) is 1. The highest BCUT2D eigenvalue weighted by Crippen LogP contribution is 2.10. The fourth-order valence-electron chi connectivity index (χ4n) is 1.88. The fraction of sp³-hybridized carbons (Fsp3) is 0.333. The second kappa shape index (κ2) is 9.69. The monoisotopic (exact) mass is 272 g/mol. The van der Waals surface area contributed by atoms with Crippen LogP contribution in [0.25, 0.3) is 0 Å². The fourth-order valence-corrected chi connectivity index (χ4v) is 2.06. The molecule has 0 aliphatic carbocycles. The number of aryl methyl sites for hydroxylation is 2. The van der Waals surface area contributed by atoms with E-state index in [-0.39, 0.29) is 0 Å². The molecule has 0 aliphatic heterocycles. The van der Waals surface area contributed by atoms with E-state index in [1.165, 1.54) is 36.8 Å². The average Bonchev–Trinajstić information content (AvgIpc) is 2.43. The summed E-state index contributed by atoms with van der Waals surface area (Å²) >= 11 is 4.08. The first-order chi connectivity index (χ1) is 9.24. The predicted molar refractivity (Wildman–Crippen MR) is 88.1 cm³/mol. The summed E-state index contributed by atoms with van der Waals surface area (Å²) in [6.07, 6.45) is 5.25. The Hall–Kier alpha value is -1.21. The molecule has 0 spiro atoms. The molecule has 0 radical (unpaired) electrons. The molecule has 0 aromatic heterocycles. The van der Waals surface area contributed by atoms with Crippen molar-refractivity contribution in [2.45, 2.75) is 44.4 Å². The minimum atomic E-state index is 1.02. The van der Waals surface area contributed by atoms with Crippen molar-refractivity contribution >= 4 is 12.6 Å². The summed E-state index contributed by atoms with van der Waals surface area (Å²) in [7, 11) is 0. The lowest BCUT2D eigenvalue weighted by molar-refractivity contribution is 0.715. The van der Waals surface area contributed by atoms with Crippen molar-refractivity contribution < 1.29 is 0 Å². The van der Waals surface area contributed by atoms with E-state index in [4.69, 9.17) is 0 Å². The first kappa shape index (κ1) is 15.8. The molecule has 0 nitrogen and oxygen atoms in total. The number of rotatable bonds is 4. The lowest BCUT2D eigenvalue weighted by atomic mass is 10.0. The van der Waals surface area contributed by atoms with Crippen LogP contribution < -0.4 is 0 Å². The molecule has 2 rings (SSSR count). The maximum atomic E-state index is 4.08. The van der Waals surface area contributed by atoms with Crippen LogP contribution in [-0.2, 0) is 6.42 Å². The number of unbranched alkanes of at least 4 members (excludes halogenated alkanes) is 2. The Morgan fingerprint density at radius 1 is 0.842 bits per heavy atom. The van der Waals surface area contributed by atoms with Gasteiger partial charge in [0, 0.05) is 4.90 Å². The van der Waals surface area contributed by atoms with Gasteiger partial charge in [0.15, 0.2) is 0 Å². The normalized spacial score (nSPS) is 9.63. The van der Waals surface area contributed by atoms with Crippen LogP contribution in [0.15, 0.2) is 59.5 Å². The van der Waals surface area contributed by atoms with Crippen LogP contribution >= 0.6 is 12.6 Å². The van der Waals surface area contributed by atoms with Crippen molar-refractivity contribution in [3.8, 4) is 0 Å². The molecule has 0 amide bonds. The Balaban J connectivity index is 0.000000218. The zero-order chi connectivity index (χ0) is 13.9. The lowest BCUT2D eigenvalue weighted by Crippen LogP contribution is -1.88. The van der Waals surface area contributed by atoms with Crippen LogP contribution in [0.1, 0.15) is 37.3 Å². The Labute approximate surface area is 123 Å². The van der Waals surface area contributed by atoms with E-state index in [9.17, 15) is 0 Å². The Bertz CT molecular complexity index is 448. The molecule has 2 aromatic carbocycles. The third-order valence-electron chi connectivity index (χ3n) is 3.07. The van der Waals surface area contributed by atoms with Gasteiger partial charge in [-0.05, 0) is 43.0 Å². The minimum absolute atomic E-state index is 1.02. The molecular weight excluding hydrogens is 248 g/mol. The van der Waals surface area contributed by atoms with Gasteiger partial charge in [0.25, 0.3) is 0 Å². The van der Waals surface area contributed by atoms with E-state index < -0.39 is 0 Å². The summed E-state index contributed by atoms with van der Waals surface area (Å²) in [6.45, 7) is 4.44. The van der Waals surface area contributed by atoms with Crippen LogP contribution in [-0.4, -0.2) is 0 Å². The third kappa shape index (κ3) is 7.07. The van der Waals surface area contributed by atoms with Gasteiger partial charge in [0.05, 0.1) is 0 Å². The van der Waals surface area contributed by atoms with E-state index in [1.807, 2.05) is 30.3 Å². The standard InChI is InChI=1S/C12H18.C6H6S/c1-3-4-5-9-12-10-7-6-8-11(12)2;7-6-4-2-1-3-5-6/h6-8,10H,3-5,9H2,1-2H3;1-5,7H. The molecule has 0 saturated carbocycles. The van der Waals surface area contributed by atoms with E-state index in [0.29, 0.717) is 0 Å². The van der Waals surface area contributed by atoms with Gasteiger partial charge in [-0.1, -0.05) is 62.2 Å². The highest BCUT2D eigenvalue weighted by molar-refractivity contribution is 7.80. The van der Waals surface area contributed by atoms with Crippen molar-refractivity contribution in [1.82, 2.24) is 0 Å². The van der Waals surface area contributed by atoms with E-state index in [2.05, 4.69) is 50.7 Å². The second-order valence-corrected chi connectivity index (χ2v) is 5.24. The van der Waals surface area contributed by atoms with Crippen LogP contribution in [0.3, 0.4) is 0 Å². The van der Waals surface area contributed by atoms with Gasteiger partial charge in [-0.2, -0.15) is 0 Å². The maximum absolute atomic E-state index is 4.08. The highest BCUT2D eigenvalue weighted by atomic mass is 32.1. The molecule has 0 atom stereocenters. The molecule has 0 unspecified atom stereocenters. The second-order valence-electron chi connectivity index (χ2n) is 4.72. The van der Waals surface area contributed by atoms with Crippen LogP contribution in [0.2, 0.25) is 0 Å². The lowest BCUT2D eigenvalue weighted by Gasteiger charge is -2.03. The molecule has 0 fully saturated rings. The predicted octanol–water partition coefficient (Wildman–Crippen LogP) is 5.70. The molecule has 1 heteroatoms. The van der Waals surface area contributed by atoms with Gasteiger partial charge in [0.2, 0.25) is 0 Å². The summed E-state index contributed by atoms with van der Waals surface area (Å²) in [4.78, 5) is 1.02. The molecule has 0 bridgehead atoms. The quantitative estimate of drug-likeness (QED) is 0.535. The van der Waals surface area contributed by atoms with Crippen molar-refractivity contribution in [1.29, 1.82) is 0 Å². The van der Waals surface area contributed by atoms with Crippen LogP contribution in [0.4, 0.5) is 0 Å². The van der Waals surface area contributed by atoms with Crippen molar-refractivity contribution in [2.24, 2.45) is 0 Å². The summed E-state index contributed by atoms with van der Waals surface area (Å²) in [5, 5.41) is 0. The maximum Gasteiger partial charge on any atom is 0.00399 e. The molecule has 102 valence electrons. The highest BCUT2D eigenvalue weighted by Gasteiger charge is 1.95. The summed E-state index contributed by atoms with van der Waals surface area (Å²) in [5.41, 5.74) is 2.96. The molecule has 2 aromatic rings. The molecular formula is C18H24S. The topological polar surface area (TPSA) is 0 Å².